The number of nitrogens with two attached hydrogens (primary N) is 1. The van der Waals surface area contributed by atoms with Gasteiger partial charge in [0.1, 0.15) is 11.4 Å². The lowest BCUT2D eigenvalue weighted by Gasteiger charge is -2.06. The predicted octanol–water partition coefficient (Wildman–Crippen LogP) is 3.04. The lowest BCUT2D eigenvalue weighted by Crippen LogP contribution is -2.02. The van der Waals surface area contributed by atoms with E-state index in [0.717, 1.165) is 0 Å². The van der Waals surface area contributed by atoms with E-state index in [2.05, 4.69) is 9.97 Å². The SMILES string of the molecule is COc1cc(C(=O)c2c[nH]c3nccc(Cl)c23)ccc1N. The van der Waals surface area contributed by atoms with Gasteiger partial charge in [-0.25, -0.2) is 4.98 Å². The number of rotatable bonds is 3. The lowest BCUT2D eigenvalue weighted by molar-refractivity contribution is 0.104. The minimum absolute atomic E-state index is 0.172. The maximum atomic E-state index is 12.7. The molecular weight excluding hydrogens is 290 g/mol. The van der Waals surface area contributed by atoms with Gasteiger partial charge in [-0.15, -0.1) is 0 Å². The molecule has 106 valence electrons. The van der Waals surface area contributed by atoms with E-state index in [0.29, 0.717) is 38.6 Å². The number of carbonyl (C=O) groups is 1. The van der Waals surface area contributed by atoms with E-state index in [1.807, 2.05) is 0 Å². The number of fused-ring (bicyclic) bond motifs is 1. The van der Waals surface area contributed by atoms with Crippen LogP contribution in [0.3, 0.4) is 0 Å². The summed E-state index contributed by atoms with van der Waals surface area (Å²) in [7, 11) is 1.51. The number of H-pyrrole nitrogens is 1. The number of carbonyl (C=O) groups excluding carboxylic acids is 1. The topological polar surface area (TPSA) is 81.0 Å². The Balaban J connectivity index is 2.13. The lowest BCUT2D eigenvalue weighted by atomic mass is 10.0. The molecule has 0 aliphatic rings. The van der Waals surface area contributed by atoms with Crippen LogP contribution < -0.4 is 10.5 Å². The van der Waals surface area contributed by atoms with Crippen molar-refractivity contribution in [2.24, 2.45) is 0 Å². The van der Waals surface area contributed by atoms with E-state index >= 15 is 0 Å². The molecule has 0 aliphatic heterocycles. The molecule has 2 aromatic heterocycles. The van der Waals surface area contributed by atoms with Crippen LogP contribution in [0.4, 0.5) is 5.69 Å². The van der Waals surface area contributed by atoms with E-state index in [4.69, 9.17) is 22.1 Å². The highest BCUT2D eigenvalue weighted by Crippen LogP contribution is 2.29. The molecule has 0 fully saturated rings. The Morgan fingerprint density at radius 1 is 1.38 bits per heavy atom. The number of anilines is 1. The van der Waals surface area contributed by atoms with Gasteiger partial charge < -0.3 is 15.5 Å². The molecule has 0 bridgehead atoms. The molecule has 0 spiro atoms. The number of aromatic nitrogens is 2. The van der Waals surface area contributed by atoms with Crippen LogP contribution in [0.15, 0.2) is 36.7 Å². The van der Waals surface area contributed by atoms with E-state index in [-0.39, 0.29) is 5.78 Å². The fourth-order valence-corrected chi connectivity index (χ4v) is 2.45. The third kappa shape index (κ3) is 2.21. The minimum Gasteiger partial charge on any atom is -0.495 e. The molecule has 3 N–H and O–H groups in total. The summed E-state index contributed by atoms with van der Waals surface area (Å²) >= 11 is 6.16. The molecule has 21 heavy (non-hydrogen) atoms. The number of hydrogen-bond donors (Lipinski definition) is 2. The standard InChI is InChI=1S/C15H12ClN3O2/c1-21-12-6-8(2-3-11(12)17)14(20)9-7-19-15-13(9)10(16)4-5-18-15/h2-7H,17H2,1H3,(H,18,19). The van der Waals surface area contributed by atoms with Crippen LogP contribution in [0, 0.1) is 0 Å². The number of nitrogens with zero attached hydrogens (tertiary/aromatic N) is 1. The largest absolute Gasteiger partial charge is 0.495 e. The van der Waals surface area contributed by atoms with Crippen LogP contribution in [-0.4, -0.2) is 22.9 Å². The number of benzene rings is 1. The van der Waals surface area contributed by atoms with Gasteiger partial charge in [0.25, 0.3) is 0 Å². The number of pyridine rings is 1. The molecule has 2 heterocycles. The average molecular weight is 302 g/mol. The first-order valence-electron chi connectivity index (χ1n) is 6.21. The molecule has 0 saturated carbocycles. The van der Waals surface area contributed by atoms with Gasteiger partial charge in [-0.3, -0.25) is 4.79 Å². The van der Waals surface area contributed by atoms with E-state index in [1.165, 1.54) is 7.11 Å². The maximum absolute atomic E-state index is 12.7. The summed E-state index contributed by atoms with van der Waals surface area (Å²) in [6.45, 7) is 0. The number of nitrogen functional groups attached to an aromatic ring is 1. The monoisotopic (exact) mass is 301 g/mol. The molecule has 5 nitrogen and oxygen atoms in total. The van der Waals surface area contributed by atoms with Gasteiger partial charge in [-0.2, -0.15) is 0 Å². The second-order valence-corrected chi connectivity index (χ2v) is 4.91. The summed E-state index contributed by atoms with van der Waals surface area (Å²) < 4.78 is 5.14. The van der Waals surface area contributed by atoms with Crippen LogP contribution in [0.25, 0.3) is 11.0 Å². The Labute approximate surface area is 125 Å². The summed E-state index contributed by atoms with van der Waals surface area (Å²) in [5, 5.41) is 1.09. The zero-order chi connectivity index (χ0) is 15.0. The van der Waals surface area contributed by atoms with Crippen LogP contribution in [0.2, 0.25) is 5.02 Å². The number of methoxy groups -OCH3 is 1. The number of nitrogens with one attached hydrogen (secondary N) is 1. The molecule has 0 saturated heterocycles. The van der Waals surface area contributed by atoms with Crippen LogP contribution in [-0.2, 0) is 0 Å². The quantitative estimate of drug-likeness (QED) is 0.575. The summed E-state index contributed by atoms with van der Waals surface area (Å²) in [5.41, 5.74) is 7.76. The van der Waals surface area contributed by atoms with Crippen molar-refractivity contribution in [3.8, 4) is 5.75 Å². The Bertz CT molecular complexity index is 842. The van der Waals surface area contributed by atoms with Crippen molar-refractivity contribution in [2.75, 3.05) is 12.8 Å². The summed E-state index contributed by atoms with van der Waals surface area (Å²) in [4.78, 5) is 19.7. The third-order valence-corrected chi connectivity index (χ3v) is 3.58. The summed E-state index contributed by atoms with van der Waals surface area (Å²) in [6.07, 6.45) is 3.19. The molecule has 0 amide bonds. The van der Waals surface area contributed by atoms with Crippen molar-refractivity contribution < 1.29 is 9.53 Å². The van der Waals surface area contributed by atoms with Gasteiger partial charge in [0.15, 0.2) is 5.78 Å². The van der Waals surface area contributed by atoms with Gasteiger partial charge >= 0.3 is 0 Å². The normalized spacial score (nSPS) is 10.8. The molecule has 0 atom stereocenters. The second kappa shape index (κ2) is 5.10. The van der Waals surface area contributed by atoms with Crippen molar-refractivity contribution in [1.82, 2.24) is 9.97 Å². The molecule has 0 aliphatic carbocycles. The van der Waals surface area contributed by atoms with Crippen molar-refractivity contribution in [3.05, 3.63) is 52.8 Å². The van der Waals surface area contributed by atoms with Crippen LogP contribution in [0.1, 0.15) is 15.9 Å². The number of aromatic amines is 1. The number of halogens is 1. The molecule has 3 rings (SSSR count). The van der Waals surface area contributed by atoms with E-state index in [9.17, 15) is 4.79 Å². The fourth-order valence-electron chi connectivity index (χ4n) is 2.20. The molecule has 3 aromatic rings. The first-order valence-corrected chi connectivity index (χ1v) is 6.59. The zero-order valence-electron chi connectivity index (χ0n) is 11.2. The highest BCUT2D eigenvalue weighted by Gasteiger charge is 2.18. The Morgan fingerprint density at radius 2 is 2.19 bits per heavy atom. The van der Waals surface area contributed by atoms with Gasteiger partial charge in [0.05, 0.1) is 23.4 Å². The number of ether oxygens (including phenoxy) is 1. The van der Waals surface area contributed by atoms with Crippen LogP contribution in [0.5, 0.6) is 5.75 Å². The van der Waals surface area contributed by atoms with Gasteiger partial charge in [0.2, 0.25) is 0 Å². The minimum atomic E-state index is -0.172. The van der Waals surface area contributed by atoms with Gasteiger partial charge in [-0.1, -0.05) is 11.6 Å². The van der Waals surface area contributed by atoms with Crippen LogP contribution >= 0.6 is 11.6 Å². The fraction of sp³-hybridized carbons (Fsp3) is 0.0667. The van der Waals surface area contributed by atoms with E-state index < -0.39 is 0 Å². The van der Waals surface area contributed by atoms with Crippen molar-refractivity contribution in [1.29, 1.82) is 0 Å². The molecule has 0 unspecified atom stereocenters. The summed E-state index contributed by atoms with van der Waals surface area (Å²) in [6, 6.07) is 6.56. The average Bonchev–Trinajstić information content (AvgIpc) is 2.92. The van der Waals surface area contributed by atoms with Crippen molar-refractivity contribution >= 4 is 34.1 Å². The number of hydrogen-bond acceptors (Lipinski definition) is 4. The molecular formula is C15H12ClN3O2. The molecule has 6 heteroatoms. The highest BCUT2D eigenvalue weighted by atomic mass is 35.5. The van der Waals surface area contributed by atoms with Gasteiger partial charge in [0, 0.05) is 23.3 Å². The first kappa shape index (κ1) is 13.5. The predicted molar refractivity (Wildman–Crippen MR) is 81.9 cm³/mol. The Morgan fingerprint density at radius 3 is 2.95 bits per heavy atom. The zero-order valence-corrected chi connectivity index (χ0v) is 11.9. The second-order valence-electron chi connectivity index (χ2n) is 4.50. The maximum Gasteiger partial charge on any atom is 0.195 e. The Kier molecular flexibility index (Phi) is 3.27. The smallest absolute Gasteiger partial charge is 0.195 e. The van der Waals surface area contributed by atoms with Gasteiger partial charge in [-0.05, 0) is 24.3 Å². The Hall–Kier alpha value is -2.53. The highest BCUT2D eigenvalue weighted by molar-refractivity contribution is 6.37. The first-order chi connectivity index (χ1) is 10.1. The number of ketones is 1. The van der Waals surface area contributed by atoms with E-state index in [1.54, 1.807) is 36.7 Å². The molecule has 0 radical (unpaired) electrons. The van der Waals surface area contributed by atoms with Crippen molar-refractivity contribution in [2.45, 2.75) is 0 Å². The summed E-state index contributed by atoms with van der Waals surface area (Å²) in [5.74, 6) is 0.291. The van der Waals surface area contributed by atoms with Crippen molar-refractivity contribution in [3.63, 3.8) is 0 Å². The third-order valence-electron chi connectivity index (χ3n) is 3.26. The molecule has 1 aromatic carbocycles.